The molecule has 0 radical (unpaired) electrons. The number of rotatable bonds is 9. The maximum atomic E-state index is 13.3. The van der Waals surface area contributed by atoms with Crippen LogP contribution in [0.2, 0.25) is 0 Å². The Balaban J connectivity index is 1.91. The van der Waals surface area contributed by atoms with Gasteiger partial charge in [-0.25, -0.2) is 8.78 Å². The smallest absolute Gasteiger partial charge is 0.248 e. The second-order valence-electron chi connectivity index (χ2n) is 7.69. The van der Waals surface area contributed by atoms with Crippen molar-refractivity contribution in [2.75, 3.05) is 13.1 Å². The SMILES string of the molecule is CC(C)C(=O)CNCCC(NC(=O)C1CCC(F)(F)CC1)c1ccccc1. The van der Waals surface area contributed by atoms with E-state index in [1.807, 2.05) is 44.2 Å². The first-order valence-corrected chi connectivity index (χ1v) is 9.75. The lowest BCUT2D eigenvalue weighted by molar-refractivity contribution is -0.130. The molecule has 2 rings (SSSR count). The van der Waals surface area contributed by atoms with E-state index in [-0.39, 0.29) is 55.3 Å². The fraction of sp³-hybridized carbons (Fsp3) is 0.619. The van der Waals surface area contributed by atoms with Crippen molar-refractivity contribution >= 4 is 11.7 Å². The molecule has 1 aliphatic carbocycles. The van der Waals surface area contributed by atoms with E-state index in [4.69, 9.17) is 0 Å². The third-order valence-electron chi connectivity index (χ3n) is 5.16. The number of benzene rings is 1. The van der Waals surface area contributed by atoms with Crippen LogP contribution < -0.4 is 10.6 Å². The summed E-state index contributed by atoms with van der Waals surface area (Å²) < 4.78 is 26.7. The van der Waals surface area contributed by atoms with E-state index in [9.17, 15) is 18.4 Å². The largest absolute Gasteiger partial charge is 0.349 e. The highest BCUT2D eigenvalue weighted by Crippen LogP contribution is 2.36. The number of carbonyl (C=O) groups is 2. The lowest BCUT2D eigenvalue weighted by Gasteiger charge is -2.29. The van der Waals surface area contributed by atoms with Crippen molar-refractivity contribution in [3.63, 3.8) is 0 Å². The van der Waals surface area contributed by atoms with E-state index in [0.717, 1.165) is 5.56 Å². The minimum Gasteiger partial charge on any atom is -0.349 e. The molecule has 150 valence electrons. The number of Topliss-reactive ketones (excluding diaryl/α,β-unsaturated/α-hetero) is 1. The summed E-state index contributed by atoms with van der Waals surface area (Å²) in [5.41, 5.74) is 0.976. The average molecular weight is 380 g/mol. The Kier molecular flexibility index (Phi) is 7.90. The Morgan fingerprint density at radius 2 is 1.78 bits per heavy atom. The van der Waals surface area contributed by atoms with E-state index >= 15 is 0 Å². The molecule has 0 aromatic heterocycles. The Morgan fingerprint density at radius 1 is 1.15 bits per heavy atom. The zero-order valence-electron chi connectivity index (χ0n) is 16.1. The maximum absolute atomic E-state index is 13.3. The van der Waals surface area contributed by atoms with Crippen molar-refractivity contribution in [2.45, 2.75) is 57.9 Å². The van der Waals surface area contributed by atoms with Gasteiger partial charge in [-0.1, -0.05) is 44.2 Å². The van der Waals surface area contributed by atoms with Gasteiger partial charge < -0.3 is 10.6 Å². The lowest BCUT2D eigenvalue weighted by atomic mass is 9.86. The van der Waals surface area contributed by atoms with Crippen LogP contribution >= 0.6 is 0 Å². The predicted molar refractivity (Wildman–Crippen MR) is 102 cm³/mol. The molecule has 1 aliphatic rings. The second-order valence-corrected chi connectivity index (χ2v) is 7.69. The van der Waals surface area contributed by atoms with Crippen molar-refractivity contribution in [2.24, 2.45) is 11.8 Å². The molecular weight excluding hydrogens is 350 g/mol. The molecule has 1 aromatic rings. The molecule has 0 saturated heterocycles. The first-order valence-electron chi connectivity index (χ1n) is 9.75. The minimum atomic E-state index is -2.64. The first-order chi connectivity index (χ1) is 12.8. The number of hydrogen-bond acceptors (Lipinski definition) is 3. The highest BCUT2D eigenvalue weighted by atomic mass is 19.3. The number of amides is 1. The molecule has 4 nitrogen and oxygen atoms in total. The molecule has 0 aliphatic heterocycles. The van der Waals surface area contributed by atoms with Crippen LogP contribution in [0.4, 0.5) is 8.78 Å². The van der Waals surface area contributed by atoms with E-state index in [0.29, 0.717) is 19.5 Å². The number of carbonyl (C=O) groups excluding carboxylic acids is 2. The standard InChI is InChI=1S/C21H30F2N2O2/c1-15(2)19(26)14-24-13-10-18(16-6-4-3-5-7-16)25-20(27)17-8-11-21(22,23)12-9-17/h3-7,15,17-18,24H,8-14H2,1-2H3,(H,25,27). The van der Waals surface area contributed by atoms with E-state index in [1.54, 1.807) is 0 Å². The number of alkyl halides is 2. The van der Waals surface area contributed by atoms with E-state index in [2.05, 4.69) is 10.6 Å². The highest BCUT2D eigenvalue weighted by Gasteiger charge is 2.37. The first kappa shape index (κ1) is 21.5. The van der Waals surface area contributed by atoms with Crippen LogP contribution in [-0.4, -0.2) is 30.7 Å². The molecule has 1 atom stereocenters. The minimum absolute atomic E-state index is 0.00782. The zero-order valence-corrected chi connectivity index (χ0v) is 16.1. The Bertz CT molecular complexity index is 610. The Morgan fingerprint density at radius 3 is 2.37 bits per heavy atom. The number of nitrogens with one attached hydrogen (secondary N) is 2. The van der Waals surface area contributed by atoms with Gasteiger partial charge in [-0.15, -0.1) is 0 Å². The molecule has 1 saturated carbocycles. The van der Waals surface area contributed by atoms with Gasteiger partial charge in [0.25, 0.3) is 0 Å². The molecule has 1 amide bonds. The summed E-state index contributed by atoms with van der Waals surface area (Å²) in [5, 5.41) is 6.16. The van der Waals surface area contributed by atoms with Crippen molar-refractivity contribution in [3.05, 3.63) is 35.9 Å². The molecule has 2 N–H and O–H groups in total. The summed E-state index contributed by atoms with van der Waals surface area (Å²) >= 11 is 0. The third kappa shape index (κ3) is 7.01. The summed E-state index contributed by atoms with van der Waals surface area (Å²) in [5.74, 6) is -3.00. The van der Waals surface area contributed by atoms with Gasteiger partial charge in [-0.05, 0) is 31.4 Å². The van der Waals surface area contributed by atoms with Crippen molar-refractivity contribution in [1.82, 2.24) is 10.6 Å². The molecule has 1 fully saturated rings. The second kappa shape index (κ2) is 9.93. The molecule has 27 heavy (non-hydrogen) atoms. The van der Waals surface area contributed by atoms with Gasteiger partial charge in [-0.2, -0.15) is 0 Å². The fourth-order valence-corrected chi connectivity index (χ4v) is 3.26. The zero-order chi connectivity index (χ0) is 19.9. The summed E-state index contributed by atoms with van der Waals surface area (Å²) in [4.78, 5) is 24.3. The van der Waals surface area contributed by atoms with Gasteiger partial charge >= 0.3 is 0 Å². The average Bonchev–Trinajstić information content (AvgIpc) is 2.64. The topological polar surface area (TPSA) is 58.2 Å². The Labute approximate surface area is 160 Å². The van der Waals surface area contributed by atoms with Crippen molar-refractivity contribution in [3.8, 4) is 0 Å². The lowest BCUT2D eigenvalue weighted by Crippen LogP contribution is -2.39. The molecular formula is C21H30F2N2O2. The number of halogens is 2. The molecule has 0 bridgehead atoms. The monoisotopic (exact) mass is 380 g/mol. The maximum Gasteiger partial charge on any atom is 0.248 e. The Hall–Kier alpha value is -1.82. The molecule has 0 heterocycles. The normalized spacial score (nSPS) is 18.3. The van der Waals surface area contributed by atoms with Gasteiger partial charge in [0.1, 0.15) is 5.78 Å². The number of hydrogen-bond donors (Lipinski definition) is 2. The summed E-state index contributed by atoms with van der Waals surface area (Å²) in [6.07, 6.45) is 0.632. The van der Waals surface area contributed by atoms with Crippen LogP contribution in [0.1, 0.15) is 57.6 Å². The summed E-state index contributed by atoms with van der Waals surface area (Å²) in [7, 11) is 0. The van der Waals surface area contributed by atoms with Crippen molar-refractivity contribution < 1.29 is 18.4 Å². The van der Waals surface area contributed by atoms with Gasteiger partial charge in [-0.3, -0.25) is 9.59 Å². The van der Waals surface area contributed by atoms with Crippen LogP contribution in [0.25, 0.3) is 0 Å². The molecule has 1 aromatic carbocycles. The molecule has 6 heteroatoms. The van der Waals surface area contributed by atoms with Gasteiger partial charge in [0.05, 0.1) is 12.6 Å². The van der Waals surface area contributed by atoms with Crippen LogP contribution in [0.3, 0.4) is 0 Å². The van der Waals surface area contributed by atoms with Crippen LogP contribution in [0.5, 0.6) is 0 Å². The van der Waals surface area contributed by atoms with Gasteiger partial charge in [0.2, 0.25) is 11.8 Å². The molecule has 0 spiro atoms. The van der Waals surface area contributed by atoms with E-state index < -0.39 is 5.92 Å². The van der Waals surface area contributed by atoms with Crippen LogP contribution in [-0.2, 0) is 9.59 Å². The van der Waals surface area contributed by atoms with Gasteiger partial charge in [0.15, 0.2) is 0 Å². The molecule has 1 unspecified atom stereocenters. The van der Waals surface area contributed by atoms with Crippen molar-refractivity contribution in [1.29, 1.82) is 0 Å². The quantitative estimate of drug-likeness (QED) is 0.640. The van der Waals surface area contributed by atoms with Gasteiger partial charge in [0, 0.05) is 24.7 Å². The third-order valence-corrected chi connectivity index (χ3v) is 5.16. The summed E-state index contributed by atoms with van der Waals surface area (Å²) in [6.45, 7) is 4.63. The predicted octanol–water partition coefficient (Wildman–Crippen LogP) is 3.87. The summed E-state index contributed by atoms with van der Waals surface area (Å²) in [6, 6.07) is 9.41. The fourth-order valence-electron chi connectivity index (χ4n) is 3.26. The van der Waals surface area contributed by atoms with Crippen LogP contribution in [0.15, 0.2) is 30.3 Å². The highest BCUT2D eigenvalue weighted by molar-refractivity contribution is 5.82. The number of ketones is 1. The van der Waals surface area contributed by atoms with E-state index in [1.165, 1.54) is 0 Å². The van der Waals surface area contributed by atoms with Crippen LogP contribution in [0, 0.1) is 11.8 Å².